The van der Waals surface area contributed by atoms with Gasteiger partial charge in [0.15, 0.2) is 5.96 Å². The summed E-state index contributed by atoms with van der Waals surface area (Å²) in [5, 5.41) is 8.12. The van der Waals surface area contributed by atoms with Crippen molar-refractivity contribution in [1.29, 1.82) is 0 Å². The summed E-state index contributed by atoms with van der Waals surface area (Å²) >= 11 is 1.81. The molecule has 0 bridgehead atoms. The van der Waals surface area contributed by atoms with Crippen LogP contribution in [0.15, 0.2) is 41.5 Å². The zero-order valence-electron chi connectivity index (χ0n) is 16.9. The molecule has 7 heteroatoms. The molecule has 0 spiro atoms. The molecular formula is C21H32IN5S. The predicted octanol–water partition coefficient (Wildman–Crippen LogP) is 3.70. The van der Waals surface area contributed by atoms with Gasteiger partial charge in [0.1, 0.15) is 0 Å². The third-order valence-corrected chi connectivity index (χ3v) is 6.24. The lowest BCUT2D eigenvalue weighted by molar-refractivity contribution is 0.245. The number of halogens is 1. The maximum absolute atomic E-state index is 4.48. The molecule has 2 aromatic rings. The van der Waals surface area contributed by atoms with Crippen molar-refractivity contribution in [2.45, 2.75) is 45.2 Å². The lowest BCUT2D eigenvalue weighted by Crippen LogP contribution is -2.45. The Morgan fingerprint density at radius 1 is 1.29 bits per heavy atom. The summed E-state index contributed by atoms with van der Waals surface area (Å²) in [4.78, 5) is 12.8. The average Bonchev–Trinajstić information content (AvgIpc) is 3.34. The molecule has 1 atom stereocenters. The fourth-order valence-electron chi connectivity index (χ4n) is 3.50. The van der Waals surface area contributed by atoms with Gasteiger partial charge in [-0.25, -0.2) is 4.98 Å². The Morgan fingerprint density at radius 2 is 2.11 bits per heavy atom. The third kappa shape index (κ3) is 7.00. The molecule has 2 heterocycles. The van der Waals surface area contributed by atoms with Crippen LogP contribution in [0.25, 0.3) is 0 Å². The van der Waals surface area contributed by atoms with Gasteiger partial charge in [-0.3, -0.25) is 9.89 Å². The summed E-state index contributed by atoms with van der Waals surface area (Å²) in [5.74, 6) is 0.883. The highest BCUT2D eigenvalue weighted by Crippen LogP contribution is 2.19. The molecule has 28 heavy (non-hydrogen) atoms. The van der Waals surface area contributed by atoms with E-state index in [1.807, 2.05) is 24.6 Å². The molecule has 154 valence electrons. The van der Waals surface area contributed by atoms with Crippen LogP contribution in [0.3, 0.4) is 0 Å². The predicted molar refractivity (Wildman–Crippen MR) is 130 cm³/mol. The molecule has 0 radical (unpaired) electrons. The van der Waals surface area contributed by atoms with E-state index in [2.05, 4.69) is 62.8 Å². The van der Waals surface area contributed by atoms with Gasteiger partial charge in [0.05, 0.1) is 5.01 Å². The van der Waals surface area contributed by atoms with Crippen LogP contribution in [-0.4, -0.2) is 48.6 Å². The van der Waals surface area contributed by atoms with Gasteiger partial charge in [0.2, 0.25) is 0 Å². The van der Waals surface area contributed by atoms with Crippen LogP contribution in [-0.2, 0) is 19.4 Å². The summed E-state index contributed by atoms with van der Waals surface area (Å²) in [6, 6.07) is 11.3. The summed E-state index contributed by atoms with van der Waals surface area (Å²) < 4.78 is 0. The lowest BCUT2D eigenvalue weighted by atomic mass is 10.2. The summed E-state index contributed by atoms with van der Waals surface area (Å²) in [7, 11) is 1.84. The van der Waals surface area contributed by atoms with Crippen molar-refractivity contribution >= 4 is 41.3 Å². The number of aromatic nitrogens is 1. The Kier molecular flexibility index (Phi) is 10.2. The Balaban J connectivity index is 0.00000280. The van der Waals surface area contributed by atoms with Crippen molar-refractivity contribution in [1.82, 2.24) is 20.5 Å². The summed E-state index contributed by atoms with van der Waals surface area (Å²) in [6.07, 6.45) is 6.52. The number of aryl methyl sites for hydroxylation is 1. The van der Waals surface area contributed by atoms with E-state index in [0.29, 0.717) is 6.04 Å². The van der Waals surface area contributed by atoms with E-state index >= 15 is 0 Å². The highest BCUT2D eigenvalue weighted by atomic mass is 127. The van der Waals surface area contributed by atoms with Gasteiger partial charge >= 0.3 is 0 Å². The molecule has 0 amide bonds. The zero-order chi connectivity index (χ0) is 18.9. The Hall–Kier alpha value is -1.19. The fourth-order valence-corrected chi connectivity index (χ4v) is 4.36. The molecule has 2 N–H and O–H groups in total. The first-order valence-electron chi connectivity index (χ1n) is 9.94. The Morgan fingerprint density at radius 3 is 2.82 bits per heavy atom. The summed E-state index contributed by atoms with van der Waals surface area (Å²) in [6.45, 7) is 6.17. The van der Waals surface area contributed by atoms with Crippen molar-refractivity contribution in [3.8, 4) is 0 Å². The molecule has 0 saturated carbocycles. The molecule has 5 nitrogen and oxygen atoms in total. The third-order valence-electron chi connectivity index (χ3n) is 5.04. The first-order valence-corrected chi connectivity index (χ1v) is 10.8. The smallest absolute Gasteiger partial charge is 0.191 e. The second-order valence-electron chi connectivity index (χ2n) is 6.96. The second kappa shape index (κ2) is 12.4. The molecule has 1 unspecified atom stereocenters. The van der Waals surface area contributed by atoms with E-state index in [1.165, 1.54) is 34.8 Å². The quantitative estimate of drug-likeness (QED) is 0.321. The van der Waals surface area contributed by atoms with E-state index in [9.17, 15) is 0 Å². The monoisotopic (exact) mass is 513 g/mol. The molecule has 1 aliphatic rings. The first kappa shape index (κ1) is 23.1. The number of hydrogen-bond donors (Lipinski definition) is 2. The van der Waals surface area contributed by atoms with Gasteiger partial charge in [-0.1, -0.05) is 37.3 Å². The number of likely N-dealkylation sites (tertiary alicyclic amines) is 1. The summed E-state index contributed by atoms with van der Waals surface area (Å²) in [5.41, 5.74) is 1.39. The maximum Gasteiger partial charge on any atom is 0.191 e. The lowest BCUT2D eigenvalue weighted by Gasteiger charge is -2.25. The molecule has 1 fully saturated rings. The molecule has 1 aliphatic heterocycles. The van der Waals surface area contributed by atoms with Gasteiger partial charge in [-0.15, -0.1) is 35.3 Å². The maximum atomic E-state index is 4.48. The normalized spacial score (nSPS) is 17.4. The number of rotatable bonds is 8. The Labute approximate surface area is 190 Å². The number of hydrogen-bond acceptors (Lipinski definition) is 4. The van der Waals surface area contributed by atoms with Crippen LogP contribution >= 0.6 is 35.3 Å². The van der Waals surface area contributed by atoms with Crippen LogP contribution in [0.2, 0.25) is 0 Å². The van der Waals surface area contributed by atoms with Crippen LogP contribution in [0.4, 0.5) is 0 Å². The molecule has 3 rings (SSSR count). The van der Waals surface area contributed by atoms with Crippen molar-refractivity contribution in [2.75, 3.05) is 26.7 Å². The average molecular weight is 513 g/mol. The van der Waals surface area contributed by atoms with Crippen LogP contribution in [0.5, 0.6) is 0 Å². The van der Waals surface area contributed by atoms with Gasteiger partial charge in [0.25, 0.3) is 0 Å². The number of aliphatic imine (C=N–C) groups is 1. The van der Waals surface area contributed by atoms with Crippen molar-refractivity contribution < 1.29 is 0 Å². The van der Waals surface area contributed by atoms with Crippen LogP contribution in [0, 0.1) is 0 Å². The van der Waals surface area contributed by atoms with E-state index in [4.69, 9.17) is 0 Å². The van der Waals surface area contributed by atoms with Gasteiger partial charge in [-0.05, 0) is 31.4 Å². The van der Waals surface area contributed by atoms with Crippen LogP contribution in [0.1, 0.15) is 35.2 Å². The molecule has 1 aromatic carbocycles. The standard InChI is InChI=1S/C21H31N5S.HI/c1-3-19-15-24-20(27-19)11-12-23-21(22-2)25-14-18-10-7-13-26(18)16-17-8-5-4-6-9-17;/h4-6,8-9,15,18H,3,7,10-14,16H2,1-2H3,(H2,22,23,25);1H. The minimum absolute atomic E-state index is 0. The topological polar surface area (TPSA) is 52.6 Å². The van der Waals surface area contributed by atoms with Crippen molar-refractivity contribution in [2.24, 2.45) is 4.99 Å². The van der Waals surface area contributed by atoms with E-state index in [-0.39, 0.29) is 24.0 Å². The fraction of sp³-hybridized carbons (Fsp3) is 0.524. The zero-order valence-corrected chi connectivity index (χ0v) is 20.0. The van der Waals surface area contributed by atoms with Gasteiger partial charge < -0.3 is 10.6 Å². The molecule has 1 saturated heterocycles. The van der Waals surface area contributed by atoms with Gasteiger partial charge in [0, 0.05) is 50.2 Å². The van der Waals surface area contributed by atoms with E-state index in [0.717, 1.165) is 38.4 Å². The highest BCUT2D eigenvalue weighted by Gasteiger charge is 2.24. The Bertz CT molecular complexity index is 719. The highest BCUT2D eigenvalue weighted by molar-refractivity contribution is 14.0. The molecule has 1 aromatic heterocycles. The van der Waals surface area contributed by atoms with E-state index < -0.39 is 0 Å². The molecule has 0 aliphatic carbocycles. The minimum Gasteiger partial charge on any atom is -0.356 e. The second-order valence-corrected chi connectivity index (χ2v) is 8.16. The van der Waals surface area contributed by atoms with E-state index in [1.54, 1.807) is 0 Å². The number of benzene rings is 1. The largest absolute Gasteiger partial charge is 0.356 e. The first-order chi connectivity index (χ1) is 13.3. The van der Waals surface area contributed by atoms with Crippen molar-refractivity contribution in [3.63, 3.8) is 0 Å². The minimum atomic E-state index is 0. The van der Waals surface area contributed by atoms with Gasteiger partial charge in [-0.2, -0.15) is 0 Å². The number of nitrogens with zero attached hydrogens (tertiary/aromatic N) is 3. The molecular weight excluding hydrogens is 481 g/mol. The number of nitrogens with one attached hydrogen (secondary N) is 2. The van der Waals surface area contributed by atoms with Crippen molar-refractivity contribution in [3.05, 3.63) is 52.0 Å². The SMILES string of the molecule is CCc1cnc(CCNC(=NC)NCC2CCCN2Cc2ccccc2)s1.I. The number of thiazole rings is 1. The van der Waals surface area contributed by atoms with Crippen LogP contribution < -0.4 is 10.6 Å². The number of guanidine groups is 1.